The van der Waals surface area contributed by atoms with Crippen molar-refractivity contribution >= 4 is 48.9 Å². The van der Waals surface area contributed by atoms with E-state index in [0.29, 0.717) is 6.42 Å². The topological polar surface area (TPSA) is 155 Å². The molecule has 0 fully saturated rings. The second kappa shape index (κ2) is 9.67. The number of carboxylic acids is 1. The molecule has 31 heavy (non-hydrogen) atoms. The van der Waals surface area contributed by atoms with E-state index in [1.165, 1.54) is 12.1 Å². The van der Waals surface area contributed by atoms with Gasteiger partial charge in [-0.25, -0.2) is 0 Å². The van der Waals surface area contributed by atoms with Crippen molar-refractivity contribution in [3.05, 3.63) is 35.9 Å². The number of hydrogen-bond donors (Lipinski definition) is 2. The van der Waals surface area contributed by atoms with Gasteiger partial charge in [-0.2, -0.15) is 8.42 Å². The van der Waals surface area contributed by atoms with Crippen molar-refractivity contribution in [2.75, 3.05) is 0 Å². The van der Waals surface area contributed by atoms with E-state index >= 15 is 0 Å². The molecule has 1 heterocycles. The number of fused-ring (bicyclic) bond motifs is 3. The lowest BCUT2D eigenvalue weighted by Gasteiger charge is -2.27. The van der Waals surface area contributed by atoms with Crippen molar-refractivity contribution in [1.29, 1.82) is 0 Å². The summed E-state index contributed by atoms with van der Waals surface area (Å²) in [6.07, 6.45) is 3.26. The summed E-state index contributed by atoms with van der Waals surface area (Å²) in [7, 11) is -7.40. The highest BCUT2D eigenvalue weighted by atomic mass is 32.2. The minimum Gasteiger partial charge on any atom is -0.481 e. The van der Waals surface area contributed by atoms with Crippen molar-refractivity contribution in [2.24, 2.45) is 4.99 Å². The van der Waals surface area contributed by atoms with Gasteiger partial charge < -0.3 is 5.11 Å². The largest absolute Gasteiger partial charge is 0.481 e. The molecule has 1 unspecified atom stereocenters. The van der Waals surface area contributed by atoms with E-state index in [0.717, 1.165) is 47.0 Å². The van der Waals surface area contributed by atoms with Gasteiger partial charge in [0.15, 0.2) is 0 Å². The summed E-state index contributed by atoms with van der Waals surface area (Å²) >= 11 is 0. The third-order valence-electron chi connectivity index (χ3n) is 5.47. The number of hydrogen-bond acceptors (Lipinski definition) is 7. The summed E-state index contributed by atoms with van der Waals surface area (Å²) in [5, 5.41) is 10.4. The molecule has 2 aromatic rings. The van der Waals surface area contributed by atoms with E-state index in [4.69, 9.17) is 17.7 Å². The number of carboxylic acid groups (broad SMARTS) is 1. The number of nitrogens with zero attached hydrogens (tertiary/aromatic N) is 1. The lowest BCUT2D eigenvalue weighted by Crippen LogP contribution is -2.27. The lowest BCUT2D eigenvalue weighted by molar-refractivity contribution is -0.137. The maximum atomic E-state index is 11.6. The Morgan fingerprint density at radius 1 is 1.10 bits per heavy atom. The van der Waals surface area contributed by atoms with Gasteiger partial charge >= 0.3 is 16.6 Å². The van der Waals surface area contributed by atoms with E-state index < -0.39 is 26.7 Å². The Balaban J connectivity index is 0.000000785. The summed E-state index contributed by atoms with van der Waals surface area (Å²) in [6.45, 7) is 4.06. The van der Waals surface area contributed by atoms with Crippen LogP contribution in [-0.4, -0.2) is 42.4 Å². The Morgan fingerprint density at radius 2 is 1.71 bits per heavy atom. The SMILES string of the molecule is CC1=Nc2ccc3ccc(S(=O)(=O)O)cc3c2C1(C)CCCCCC(=O)O.O=S(=O)=O. The second-order valence-corrected chi connectivity index (χ2v) is 9.34. The standard InChI is InChI=1S/C20H23NO5S.O3S/c1-13-20(2,11-5-3-4-6-18(22)23)19-16-12-15(27(24,25)26)9-7-14(16)8-10-17(19)21-13;1-4(2)3/h7-10,12H,3-6,11H2,1-2H3,(H,22,23)(H,24,25,26);. The summed E-state index contributed by atoms with van der Waals surface area (Å²) in [5.41, 5.74) is 2.40. The molecule has 11 heteroatoms. The molecule has 1 atom stereocenters. The molecule has 0 radical (unpaired) electrons. The molecule has 0 bridgehead atoms. The van der Waals surface area contributed by atoms with Crippen LogP contribution >= 0.6 is 0 Å². The molecule has 2 N–H and O–H groups in total. The third kappa shape index (κ3) is 5.96. The minimum atomic E-state index is -4.29. The molecule has 1 aliphatic heterocycles. The number of benzene rings is 2. The van der Waals surface area contributed by atoms with Gasteiger partial charge in [0.05, 0.1) is 10.6 Å². The van der Waals surface area contributed by atoms with E-state index in [-0.39, 0.29) is 16.7 Å². The van der Waals surface area contributed by atoms with Gasteiger partial charge in [0, 0.05) is 17.5 Å². The van der Waals surface area contributed by atoms with Crippen LogP contribution < -0.4 is 0 Å². The van der Waals surface area contributed by atoms with Crippen LogP contribution in [0.4, 0.5) is 5.69 Å². The molecule has 0 aromatic heterocycles. The first kappa shape index (κ1) is 24.6. The highest BCUT2D eigenvalue weighted by molar-refractivity contribution is 7.85. The summed E-state index contributed by atoms with van der Waals surface area (Å²) in [6, 6.07) is 8.44. The lowest BCUT2D eigenvalue weighted by atomic mass is 9.74. The molecule has 0 aliphatic carbocycles. The second-order valence-electron chi connectivity index (χ2n) is 7.51. The number of aliphatic imine (C=N–C) groups is 1. The molecule has 2 aromatic carbocycles. The van der Waals surface area contributed by atoms with Crippen molar-refractivity contribution < 1.29 is 35.5 Å². The Labute approximate surface area is 181 Å². The first-order chi connectivity index (χ1) is 14.4. The van der Waals surface area contributed by atoms with Crippen LogP contribution in [-0.2, 0) is 30.9 Å². The average Bonchev–Trinajstić information content (AvgIpc) is 2.90. The molecular weight excluding hydrogens is 446 g/mol. The average molecular weight is 470 g/mol. The zero-order chi connectivity index (χ0) is 23.4. The first-order valence-corrected chi connectivity index (χ1v) is 11.9. The molecule has 0 amide bonds. The first-order valence-electron chi connectivity index (χ1n) is 9.45. The summed E-state index contributed by atoms with van der Waals surface area (Å²) in [5.74, 6) is -0.783. The number of rotatable bonds is 7. The van der Waals surface area contributed by atoms with Crippen molar-refractivity contribution in [1.82, 2.24) is 0 Å². The van der Waals surface area contributed by atoms with E-state index in [9.17, 15) is 17.8 Å². The molecular formula is C20H23NO8S2. The highest BCUT2D eigenvalue weighted by Crippen LogP contribution is 2.47. The monoisotopic (exact) mass is 469 g/mol. The normalized spacial score (nSPS) is 17.5. The summed E-state index contributed by atoms with van der Waals surface area (Å²) in [4.78, 5) is 15.2. The Bertz CT molecular complexity index is 1240. The van der Waals surface area contributed by atoms with Gasteiger partial charge in [0.25, 0.3) is 10.1 Å². The molecule has 168 valence electrons. The molecule has 0 spiro atoms. The van der Waals surface area contributed by atoms with Crippen LogP contribution in [0.25, 0.3) is 10.8 Å². The van der Waals surface area contributed by atoms with Crippen LogP contribution in [0, 0.1) is 0 Å². The Hall–Kier alpha value is -2.63. The summed E-state index contributed by atoms with van der Waals surface area (Å²) < 4.78 is 57.9. The van der Waals surface area contributed by atoms with Gasteiger partial charge in [-0.3, -0.25) is 14.3 Å². The fraction of sp³-hybridized carbons (Fsp3) is 0.400. The predicted molar refractivity (Wildman–Crippen MR) is 114 cm³/mol. The number of carbonyl (C=O) groups is 1. The van der Waals surface area contributed by atoms with Gasteiger partial charge in [0.2, 0.25) is 0 Å². The number of aliphatic carboxylic acids is 1. The Kier molecular flexibility index (Phi) is 7.68. The maximum absolute atomic E-state index is 11.6. The molecule has 0 saturated heterocycles. The fourth-order valence-electron chi connectivity index (χ4n) is 3.84. The molecule has 3 rings (SSSR count). The third-order valence-corrected chi connectivity index (χ3v) is 6.32. The molecule has 0 saturated carbocycles. The smallest absolute Gasteiger partial charge is 0.425 e. The minimum absolute atomic E-state index is 0.128. The van der Waals surface area contributed by atoms with Crippen molar-refractivity contribution in [3.8, 4) is 0 Å². The predicted octanol–water partition coefficient (Wildman–Crippen LogP) is 3.48. The van der Waals surface area contributed by atoms with Gasteiger partial charge in [-0.05, 0) is 54.3 Å². The van der Waals surface area contributed by atoms with Crippen LogP contribution in [0.3, 0.4) is 0 Å². The van der Waals surface area contributed by atoms with Gasteiger partial charge in [0.1, 0.15) is 0 Å². The van der Waals surface area contributed by atoms with Crippen LogP contribution in [0.15, 0.2) is 40.2 Å². The van der Waals surface area contributed by atoms with Crippen molar-refractivity contribution in [2.45, 2.75) is 56.3 Å². The maximum Gasteiger partial charge on any atom is 0.425 e. The van der Waals surface area contributed by atoms with Crippen LogP contribution in [0.5, 0.6) is 0 Å². The van der Waals surface area contributed by atoms with Crippen LogP contribution in [0.2, 0.25) is 0 Å². The number of unbranched alkanes of at least 4 members (excludes halogenated alkanes) is 2. The van der Waals surface area contributed by atoms with E-state index in [1.807, 2.05) is 19.1 Å². The molecule has 9 nitrogen and oxygen atoms in total. The van der Waals surface area contributed by atoms with Crippen molar-refractivity contribution in [3.63, 3.8) is 0 Å². The van der Waals surface area contributed by atoms with E-state index in [2.05, 4.69) is 11.9 Å². The van der Waals surface area contributed by atoms with Gasteiger partial charge in [-0.15, -0.1) is 12.6 Å². The van der Waals surface area contributed by atoms with E-state index in [1.54, 1.807) is 6.07 Å². The van der Waals surface area contributed by atoms with Gasteiger partial charge in [-0.1, -0.05) is 31.9 Å². The quantitative estimate of drug-likeness (QED) is 0.461. The highest BCUT2D eigenvalue weighted by Gasteiger charge is 2.38. The zero-order valence-electron chi connectivity index (χ0n) is 17.0. The van der Waals surface area contributed by atoms with Crippen LogP contribution in [0.1, 0.15) is 51.5 Å². The Morgan fingerprint density at radius 3 is 2.29 bits per heavy atom. The molecule has 1 aliphatic rings. The zero-order valence-corrected chi connectivity index (χ0v) is 18.7. The fourth-order valence-corrected chi connectivity index (χ4v) is 4.35.